The fraction of sp³-hybridized carbons (Fsp3) is 0.0500. The minimum Gasteiger partial charge on any atom is -0.382 e. The van der Waals surface area contributed by atoms with Gasteiger partial charge in [-0.05, 0) is 57.4 Å². The fourth-order valence-electron chi connectivity index (χ4n) is 3.03. The standard InChI is InChI=1S/C20H14BrNO/c21-14-8-9-16-17(12-14)15-6-2-1-5-13(15)11-18(16)20(23)19-7-3-4-10-22-19/h1-12,20,23H/t20-/m0/s1. The van der Waals surface area contributed by atoms with Crippen LogP contribution < -0.4 is 0 Å². The van der Waals surface area contributed by atoms with E-state index in [0.29, 0.717) is 5.69 Å². The molecule has 1 atom stereocenters. The second-order valence-electron chi connectivity index (χ2n) is 5.53. The molecule has 1 heterocycles. The van der Waals surface area contributed by atoms with Crippen molar-refractivity contribution in [2.24, 2.45) is 0 Å². The van der Waals surface area contributed by atoms with Crippen LogP contribution >= 0.6 is 15.9 Å². The number of rotatable bonds is 2. The summed E-state index contributed by atoms with van der Waals surface area (Å²) in [5.41, 5.74) is 1.54. The van der Waals surface area contributed by atoms with Gasteiger partial charge in [0.25, 0.3) is 0 Å². The van der Waals surface area contributed by atoms with Crippen molar-refractivity contribution in [3.63, 3.8) is 0 Å². The average Bonchev–Trinajstić information content (AvgIpc) is 2.61. The molecule has 0 aliphatic heterocycles. The summed E-state index contributed by atoms with van der Waals surface area (Å²) in [5.74, 6) is 0. The second-order valence-corrected chi connectivity index (χ2v) is 6.45. The van der Waals surface area contributed by atoms with Gasteiger partial charge in [0.05, 0.1) is 5.69 Å². The molecule has 0 saturated heterocycles. The summed E-state index contributed by atoms with van der Waals surface area (Å²) in [4.78, 5) is 4.30. The van der Waals surface area contributed by atoms with Gasteiger partial charge >= 0.3 is 0 Å². The summed E-state index contributed by atoms with van der Waals surface area (Å²) < 4.78 is 1.03. The van der Waals surface area contributed by atoms with Gasteiger partial charge in [-0.2, -0.15) is 0 Å². The van der Waals surface area contributed by atoms with Crippen molar-refractivity contribution < 1.29 is 5.11 Å². The molecule has 0 amide bonds. The Hall–Kier alpha value is -2.23. The highest BCUT2D eigenvalue weighted by molar-refractivity contribution is 9.10. The summed E-state index contributed by atoms with van der Waals surface area (Å²) in [5, 5.41) is 15.3. The number of hydrogen-bond acceptors (Lipinski definition) is 2. The number of aliphatic hydroxyl groups is 1. The normalized spacial score (nSPS) is 12.6. The Morgan fingerprint density at radius 1 is 0.826 bits per heavy atom. The van der Waals surface area contributed by atoms with Gasteiger partial charge < -0.3 is 5.11 Å². The SMILES string of the molecule is O[C@H](c1ccccn1)c1cc2ccccc2c2cc(Br)ccc12. The van der Waals surface area contributed by atoms with Gasteiger partial charge in [-0.3, -0.25) is 4.98 Å². The topological polar surface area (TPSA) is 33.1 Å². The van der Waals surface area contributed by atoms with E-state index in [1.165, 1.54) is 5.39 Å². The van der Waals surface area contributed by atoms with E-state index in [-0.39, 0.29) is 0 Å². The van der Waals surface area contributed by atoms with E-state index in [1.54, 1.807) is 6.20 Å². The van der Waals surface area contributed by atoms with Crippen LogP contribution in [-0.4, -0.2) is 10.1 Å². The lowest BCUT2D eigenvalue weighted by molar-refractivity contribution is 0.217. The maximum Gasteiger partial charge on any atom is 0.122 e. The molecular formula is C20H14BrNO. The van der Waals surface area contributed by atoms with E-state index in [1.807, 2.05) is 42.5 Å². The van der Waals surface area contributed by atoms with Gasteiger partial charge in [0.15, 0.2) is 0 Å². The number of halogens is 1. The Bertz CT molecular complexity index is 998. The molecular weight excluding hydrogens is 350 g/mol. The van der Waals surface area contributed by atoms with Crippen LogP contribution in [-0.2, 0) is 0 Å². The van der Waals surface area contributed by atoms with Crippen molar-refractivity contribution in [3.05, 3.63) is 88.7 Å². The first-order valence-electron chi connectivity index (χ1n) is 7.44. The molecule has 0 bridgehead atoms. The van der Waals surface area contributed by atoms with Gasteiger partial charge in [0, 0.05) is 10.7 Å². The molecule has 3 heteroatoms. The van der Waals surface area contributed by atoms with Crippen LogP contribution in [0.15, 0.2) is 77.4 Å². The number of nitrogens with zero attached hydrogens (tertiary/aromatic N) is 1. The predicted molar refractivity (Wildman–Crippen MR) is 97.5 cm³/mol. The Balaban J connectivity index is 2.05. The molecule has 0 aliphatic carbocycles. The zero-order valence-corrected chi connectivity index (χ0v) is 13.9. The lowest BCUT2D eigenvalue weighted by atomic mass is 9.93. The summed E-state index contributed by atoms with van der Waals surface area (Å²) >= 11 is 3.55. The first kappa shape index (κ1) is 14.4. The molecule has 0 radical (unpaired) electrons. The molecule has 3 aromatic carbocycles. The Kier molecular flexibility index (Phi) is 3.60. The van der Waals surface area contributed by atoms with E-state index in [0.717, 1.165) is 26.2 Å². The molecule has 0 unspecified atom stereocenters. The molecule has 4 rings (SSSR count). The summed E-state index contributed by atoms with van der Waals surface area (Å²) in [6, 6.07) is 22.1. The van der Waals surface area contributed by atoms with Crippen molar-refractivity contribution in [2.45, 2.75) is 6.10 Å². The predicted octanol–water partition coefficient (Wildman–Crippen LogP) is 5.23. The number of aromatic nitrogens is 1. The number of hydrogen-bond donors (Lipinski definition) is 1. The zero-order chi connectivity index (χ0) is 15.8. The summed E-state index contributed by atoms with van der Waals surface area (Å²) in [6.45, 7) is 0. The van der Waals surface area contributed by atoms with Crippen LogP contribution in [0.2, 0.25) is 0 Å². The van der Waals surface area contributed by atoms with Gasteiger partial charge in [0.2, 0.25) is 0 Å². The molecule has 0 saturated carbocycles. The van der Waals surface area contributed by atoms with Crippen LogP contribution in [0.25, 0.3) is 21.5 Å². The Morgan fingerprint density at radius 3 is 2.48 bits per heavy atom. The van der Waals surface area contributed by atoms with Crippen LogP contribution in [0, 0.1) is 0 Å². The van der Waals surface area contributed by atoms with Crippen molar-refractivity contribution in [1.29, 1.82) is 0 Å². The minimum absolute atomic E-state index is 0.659. The van der Waals surface area contributed by atoms with E-state index >= 15 is 0 Å². The molecule has 0 spiro atoms. The van der Waals surface area contributed by atoms with Gasteiger partial charge in [-0.1, -0.05) is 52.3 Å². The van der Waals surface area contributed by atoms with Gasteiger partial charge in [0.1, 0.15) is 6.10 Å². The zero-order valence-electron chi connectivity index (χ0n) is 12.3. The molecule has 0 fully saturated rings. The maximum absolute atomic E-state index is 10.8. The lowest BCUT2D eigenvalue weighted by Crippen LogP contribution is -2.03. The number of benzene rings is 3. The molecule has 112 valence electrons. The van der Waals surface area contributed by atoms with Crippen LogP contribution in [0.3, 0.4) is 0 Å². The van der Waals surface area contributed by atoms with E-state index in [2.05, 4.69) is 45.2 Å². The quantitative estimate of drug-likeness (QED) is 0.494. The third-order valence-electron chi connectivity index (χ3n) is 4.12. The number of aliphatic hydroxyl groups excluding tert-OH is 1. The van der Waals surface area contributed by atoms with Crippen molar-refractivity contribution >= 4 is 37.5 Å². The van der Waals surface area contributed by atoms with Crippen LogP contribution in [0.5, 0.6) is 0 Å². The van der Waals surface area contributed by atoms with E-state index < -0.39 is 6.10 Å². The second kappa shape index (κ2) is 5.76. The van der Waals surface area contributed by atoms with Crippen molar-refractivity contribution in [1.82, 2.24) is 4.98 Å². The monoisotopic (exact) mass is 363 g/mol. The molecule has 0 aliphatic rings. The van der Waals surface area contributed by atoms with E-state index in [4.69, 9.17) is 0 Å². The minimum atomic E-state index is -0.746. The number of pyridine rings is 1. The largest absolute Gasteiger partial charge is 0.382 e. The highest BCUT2D eigenvalue weighted by Gasteiger charge is 2.16. The van der Waals surface area contributed by atoms with E-state index in [9.17, 15) is 5.11 Å². The average molecular weight is 364 g/mol. The summed E-state index contributed by atoms with van der Waals surface area (Å²) in [7, 11) is 0. The molecule has 4 aromatic rings. The smallest absolute Gasteiger partial charge is 0.122 e. The first-order chi connectivity index (χ1) is 11.2. The molecule has 23 heavy (non-hydrogen) atoms. The summed E-state index contributed by atoms with van der Waals surface area (Å²) in [6.07, 6.45) is 0.961. The first-order valence-corrected chi connectivity index (χ1v) is 8.23. The third kappa shape index (κ3) is 2.52. The Morgan fingerprint density at radius 2 is 1.65 bits per heavy atom. The number of fused-ring (bicyclic) bond motifs is 3. The maximum atomic E-state index is 10.8. The highest BCUT2D eigenvalue weighted by Crippen LogP contribution is 2.35. The third-order valence-corrected chi connectivity index (χ3v) is 4.61. The van der Waals surface area contributed by atoms with Gasteiger partial charge in [-0.15, -0.1) is 0 Å². The van der Waals surface area contributed by atoms with Crippen molar-refractivity contribution in [2.75, 3.05) is 0 Å². The lowest BCUT2D eigenvalue weighted by Gasteiger charge is -2.16. The molecule has 1 N–H and O–H groups in total. The highest BCUT2D eigenvalue weighted by atomic mass is 79.9. The molecule has 2 nitrogen and oxygen atoms in total. The van der Waals surface area contributed by atoms with Crippen LogP contribution in [0.4, 0.5) is 0 Å². The van der Waals surface area contributed by atoms with Crippen LogP contribution in [0.1, 0.15) is 17.4 Å². The molecule has 1 aromatic heterocycles. The van der Waals surface area contributed by atoms with Crippen molar-refractivity contribution in [3.8, 4) is 0 Å². The van der Waals surface area contributed by atoms with Gasteiger partial charge in [-0.25, -0.2) is 0 Å². The fourth-order valence-corrected chi connectivity index (χ4v) is 3.39. The Labute approximate surface area is 142 Å².